The van der Waals surface area contributed by atoms with Crippen LogP contribution in [0.4, 0.5) is 5.69 Å². The fourth-order valence-electron chi connectivity index (χ4n) is 2.65. The third kappa shape index (κ3) is 5.77. The van der Waals surface area contributed by atoms with E-state index in [1.807, 2.05) is 6.26 Å². The van der Waals surface area contributed by atoms with E-state index in [-0.39, 0.29) is 5.91 Å². The van der Waals surface area contributed by atoms with Gasteiger partial charge in [-0.05, 0) is 42.7 Å². The van der Waals surface area contributed by atoms with Crippen LogP contribution < -0.4 is 10.6 Å². The van der Waals surface area contributed by atoms with Crippen LogP contribution in [-0.2, 0) is 14.3 Å². The largest absolute Gasteiger partial charge is 0.454 e. The molecule has 10 heteroatoms. The first kappa shape index (κ1) is 21.7. The lowest BCUT2D eigenvalue weighted by molar-refractivity contribution is -0.149. The maximum Gasteiger partial charge on any atom is 0.329 e. The first-order chi connectivity index (χ1) is 14.6. The second kappa shape index (κ2) is 10.7. The van der Waals surface area contributed by atoms with Crippen LogP contribution in [0.25, 0.3) is 11.0 Å². The molecular weight excluding hydrogens is 424 g/mol. The zero-order chi connectivity index (χ0) is 21.3. The Balaban J connectivity index is 1.57. The van der Waals surface area contributed by atoms with Gasteiger partial charge in [-0.15, -0.1) is 0 Å². The molecule has 0 radical (unpaired) electrons. The van der Waals surface area contributed by atoms with Crippen molar-refractivity contribution in [1.82, 2.24) is 14.1 Å². The number of esters is 1. The summed E-state index contributed by atoms with van der Waals surface area (Å²) in [5.41, 5.74) is 2.20. The van der Waals surface area contributed by atoms with E-state index in [0.717, 1.165) is 11.7 Å². The third-order valence-corrected chi connectivity index (χ3v) is 5.33. The summed E-state index contributed by atoms with van der Waals surface area (Å²) in [4.78, 5) is 37.1. The number of hydrogen-bond donors (Lipinski definition) is 2. The van der Waals surface area contributed by atoms with Crippen LogP contribution in [-0.4, -0.2) is 51.2 Å². The predicted octanol–water partition coefficient (Wildman–Crippen LogP) is 2.72. The van der Waals surface area contributed by atoms with Crippen molar-refractivity contribution in [2.75, 3.05) is 23.9 Å². The minimum Gasteiger partial charge on any atom is -0.454 e. The summed E-state index contributed by atoms with van der Waals surface area (Å²) in [6.45, 7) is -0.468. The number of carbonyl (C=O) groups excluding carboxylic acids is 3. The second-order valence-electron chi connectivity index (χ2n) is 6.27. The summed E-state index contributed by atoms with van der Waals surface area (Å²) < 4.78 is 13.4. The topological polar surface area (TPSA) is 110 Å². The Bertz CT molecular complexity index is 1030. The lowest BCUT2D eigenvalue weighted by Gasteiger charge is -2.17. The highest BCUT2D eigenvalue weighted by Crippen LogP contribution is 2.20. The van der Waals surface area contributed by atoms with Crippen molar-refractivity contribution in [3.05, 3.63) is 54.1 Å². The summed E-state index contributed by atoms with van der Waals surface area (Å²) in [6, 6.07) is 13.0. The molecule has 0 saturated heterocycles. The monoisotopic (exact) mass is 444 g/mol. The van der Waals surface area contributed by atoms with Crippen molar-refractivity contribution in [2.45, 2.75) is 12.5 Å². The van der Waals surface area contributed by atoms with Gasteiger partial charge in [0.25, 0.3) is 11.8 Å². The van der Waals surface area contributed by atoms with E-state index in [9.17, 15) is 14.4 Å². The van der Waals surface area contributed by atoms with E-state index >= 15 is 0 Å². The van der Waals surface area contributed by atoms with Gasteiger partial charge in [-0.3, -0.25) is 9.59 Å². The summed E-state index contributed by atoms with van der Waals surface area (Å²) in [6.07, 6.45) is 2.30. The number of anilines is 1. The number of amides is 2. The van der Waals surface area contributed by atoms with Gasteiger partial charge in [-0.25, -0.2) is 4.79 Å². The number of nitrogens with zero attached hydrogens (tertiary/aromatic N) is 2. The third-order valence-electron chi connectivity index (χ3n) is 4.14. The standard InChI is InChI=1S/C20H20N4O4S2/c1-29-11-10-16(22-19(26)13-6-3-2-4-7-13)20(27)28-12-17(25)21-14-8-5-9-15-18(14)24-30-23-15/h2-9,16H,10-12H2,1H3,(H,21,25)(H,22,26). The Labute approximate surface area is 181 Å². The molecule has 0 bridgehead atoms. The Morgan fingerprint density at radius 3 is 2.67 bits per heavy atom. The van der Waals surface area contributed by atoms with Crippen molar-refractivity contribution < 1.29 is 19.1 Å². The molecule has 3 rings (SSSR count). The molecule has 0 aliphatic heterocycles. The van der Waals surface area contributed by atoms with E-state index in [0.29, 0.717) is 34.5 Å². The fraction of sp³-hybridized carbons (Fsp3) is 0.250. The Kier molecular flexibility index (Phi) is 7.75. The predicted molar refractivity (Wildman–Crippen MR) is 118 cm³/mol. The Morgan fingerprint density at radius 1 is 1.10 bits per heavy atom. The smallest absolute Gasteiger partial charge is 0.329 e. The molecule has 2 N–H and O–H groups in total. The number of ether oxygens (including phenoxy) is 1. The molecule has 0 fully saturated rings. The molecule has 0 saturated carbocycles. The molecule has 0 aliphatic carbocycles. The molecule has 1 unspecified atom stereocenters. The number of aromatic nitrogens is 2. The van der Waals surface area contributed by atoms with Gasteiger partial charge < -0.3 is 15.4 Å². The fourth-order valence-corrected chi connectivity index (χ4v) is 3.67. The molecule has 1 atom stereocenters. The minimum atomic E-state index is -0.843. The number of benzene rings is 2. The van der Waals surface area contributed by atoms with Crippen molar-refractivity contribution in [1.29, 1.82) is 0 Å². The maximum atomic E-state index is 12.5. The number of fused-ring (bicyclic) bond motifs is 1. The van der Waals surface area contributed by atoms with Crippen LogP contribution in [0.5, 0.6) is 0 Å². The second-order valence-corrected chi connectivity index (χ2v) is 7.78. The van der Waals surface area contributed by atoms with E-state index in [4.69, 9.17) is 4.74 Å². The molecule has 2 amide bonds. The van der Waals surface area contributed by atoms with Gasteiger partial charge >= 0.3 is 5.97 Å². The Morgan fingerprint density at radius 2 is 1.90 bits per heavy atom. The first-order valence-electron chi connectivity index (χ1n) is 9.11. The van der Waals surface area contributed by atoms with Crippen molar-refractivity contribution in [3.63, 3.8) is 0 Å². The molecule has 30 heavy (non-hydrogen) atoms. The van der Waals surface area contributed by atoms with Crippen molar-refractivity contribution >= 4 is 58.0 Å². The van der Waals surface area contributed by atoms with Crippen molar-refractivity contribution in [2.24, 2.45) is 0 Å². The van der Waals surface area contributed by atoms with E-state index in [1.54, 1.807) is 60.3 Å². The molecule has 0 spiro atoms. The maximum absolute atomic E-state index is 12.5. The summed E-state index contributed by atoms with van der Waals surface area (Å²) >= 11 is 2.60. The van der Waals surface area contributed by atoms with Gasteiger partial charge in [0.1, 0.15) is 17.1 Å². The molecule has 1 heterocycles. The molecule has 3 aromatic rings. The average Bonchev–Trinajstić information content (AvgIpc) is 3.25. The van der Waals surface area contributed by atoms with E-state index in [2.05, 4.69) is 19.4 Å². The molecule has 8 nitrogen and oxygen atoms in total. The quantitative estimate of drug-likeness (QED) is 0.488. The van der Waals surface area contributed by atoms with Crippen LogP contribution in [0.15, 0.2) is 48.5 Å². The number of rotatable bonds is 9. The minimum absolute atomic E-state index is 0.370. The van der Waals surface area contributed by atoms with Gasteiger partial charge in [0.05, 0.1) is 17.4 Å². The molecule has 156 valence electrons. The highest BCUT2D eigenvalue weighted by molar-refractivity contribution is 7.98. The van der Waals surface area contributed by atoms with Crippen molar-refractivity contribution in [3.8, 4) is 0 Å². The zero-order valence-electron chi connectivity index (χ0n) is 16.2. The van der Waals surface area contributed by atoms with Gasteiger partial charge in [0.2, 0.25) is 0 Å². The van der Waals surface area contributed by atoms with Crippen LogP contribution >= 0.6 is 23.5 Å². The van der Waals surface area contributed by atoms with Gasteiger partial charge in [-0.1, -0.05) is 24.3 Å². The number of thioether (sulfide) groups is 1. The highest BCUT2D eigenvalue weighted by Gasteiger charge is 2.23. The Hall–Kier alpha value is -2.98. The number of carbonyl (C=O) groups is 3. The summed E-state index contributed by atoms with van der Waals surface area (Å²) in [5, 5.41) is 5.36. The van der Waals surface area contributed by atoms with E-state index in [1.165, 1.54) is 0 Å². The summed E-state index contributed by atoms with van der Waals surface area (Å²) in [5.74, 6) is -0.871. The van der Waals surface area contributed by atoms with Gasteiger partial charge in [0.15, 0.2) is 6.61 Å². The molecule has 2 aromatic carbocycles. The van der Waals surface area contributed by atoms with Gasteiger partial charge in [-0.2, -0.15) is 20.5 Å². The van der Waals surface area contributed by atoms with Crippen LogP contribution in [0, 0.1) is 0 Å². The highest BCUT2D eigenvalue weighted by atomic mass is 32.2. The average molecular weight is 445 g/mol. The van der Waals surface area contributed by atoms with Gasteiger partial charge in [0, 0.05) is 5.56 Å². The molecular formula is C20H20N4O4S2. The van der Waals surface area contributed by atoms with Crippen LogP contribution in [0.1, 0.15) is 16.8 Å². The number of nitrogens with one attached hydrogen (secondary N) is 2. The van der Waals surface area contributed by atoms with Crippen LogP contribution in [0.2, 0.25) is 0 Å². The van der Waals surface area contributed by atoms with E-state index < -0.39 is 24.5 Å². The number of hydrogen-bond acceptors (Lipinski definition) is 8. The zero-order valence-corrected chi connectivity index (χ0v) is 17.8. The normalized spacial score (nSPS) is 11.6. The molecule has 0 aliphatic rings. The lowest BCUT2D eigenvalue weighted by atomic mass is 10.1. The molecule has 1 aromatic heterocycles. The first-order valence-corrected chi connectivity index (χ1v) is 11.2. The SMILES string of the molecule is CSCCC(NC(=O)c1ccccc1)C(=O)OCC(=O)Nc1cccc2nsnc12. The van der Waals surface area contributed by atoms with Crippen LogP contribution in [0.3, 0.4) is 0 Å². The summed E-state index contributed by atoms with van der Waals surface area (Å²) in [7, 11) is 0. The lowest BCUT2D eigenvalue weighted by Crippen LogP contribution is -2.43.